The molecule has 0 bridgehead atoms. The second kappa shape index (κ2) is 10.9. The van der Waals surface area contributed by atoms with Gasteiger partial charge < -0.3 is 14.8 Å². The van der Waals surface area contributed by atoms with Crippen LogP contribution >= 0.6 is 11.6 Å². The van der Waals surface area contributed by atoms with Crippen LogP contribution in [0.2, 0.25) is 5.02 Å². The maximum atomic E-state index is 12.8. The summed E-state index contributed by atoms with van der Waals surface area (Å²) >= 11 is 6.09. The van der Waals surface area contributed by atoms with Gasteiger partial charge in [0.05, 0.1) is 10.6 Å². The molecule has 1 amide bonds. The minimum absolute atomic E-state index is 0.216. The molecule has 0 saturated carbocycles. The number of piperidine rings is 1. The van der Waals surface area contributed by atoms with Gasteiger partial charge in [0, 0.05) is 18.1 Å². The first-order chi connectivity index (χ1) is 16.4. The maximum absolute atomic E-state index is 12.8. The summed E-state index contributed by atoms with van der Waals surface area (Å²) in [5.74, 6) is 1.04. The van der Waals surface area contributed by atoms with Crippen LogP contribution in [0.5, 0.6) is 17.2 Å². The summed E-state index contributed by atoms with van der Waals surface area (Å²) in [5, 5.41) is 3.19. The molecule has 1 heterocycles. The van der Waals surface area contributed by atoms with E-state index in [1.807, 2.05) is 18.2 Å². The molecule has 0 spiro atoms. The molecule has 9 heteroatoms. The quantitative estimate of drug-likeness (QED) is 0.452. The van der Waals surface area contributed by atoms with Crippen molar-refractivity contribution in [3.8, 4) is 17.2 Å². The van der Waals surface area contributed by atoms with E-state index < -0.39 is 15.9 Å². The average molecular weight is 501 g/mol. The lowest BCUT2D eigenvalue weighted by Gasteiger charge is -2.25. The molecule has 7 nitrogen and oxygen atoms in total. The molecule has 1 aliphatic heterocycles. The number of ether oxygens (including phenoxy) is 2. The van der Waals surface area contributed by atoms with Gasteiger partial charge in [0.2, 0.25) is 10.0 Å². The Morgan fingerprint density at radius 1 is 0.912 bits per heavy atom. The molecule has 1 fully saturated rings. The lowest BCUT2D eigenvalue weighted by atomic mass is 10.2. The summed E-state index contributed by atoms with van der Waals surface area (Å²) < 4.78 is 38.4. The molecule has 1 saturated heterocycles. The Balaban J connectivity index is 1.37. The molecule has 3 aromatic carbocycles. The molecule has 0 radical (unpaired) electrons. The number of para-hydroxylation sites is 1. The van der Waals surface area contributed by atoms with Crippen molar-refractivity contribution in [2.45, 2.75) is 24.2 Å². The summed E-state index contributed by atoms with van der Waals surface area (Å²) in [7, 11) is -3.51. The van der Waals surface area contributed by atoms with Crippen molar-refractivity contribution in [2.24, 2.45) is 0 Å². The molecular weight excluding hydrogens is 476 g/mol. The van der Waals surface area contributed by atoms with Crippen LogP contribution in [-0.4, -0.2) is 38.3 Å². The van der Waals surface area contributed by atoms with Crippen LogP contribution in [0.15, 0.2) is 77.7 Å². The van der Waals surface area contributed by atoms with Crippen LogP contribution in [0.3, 0.4) is 0 Å². The maximum Gasteiger partial charge on any atom is 0.262 e. The second-order valence-electron chi connectivity index (χ2n) is 7.83. The van der Waals surface area contributed by atoms with Crippen molar-refractivity contribution in [1.29, 1.82) is 0 Å². The number of rotatable bonds is 8. The van der Waals surface area contributed by atoms with Gasteiger partial charge in [0.1, 0.15) is 11.5 Å². The SMILES string of the molecule is O=C(COc1ccc(S(=O)(=O)N2CCCCC2)cc1)Nc1cc(Cl)ccc1Oc1ccccc1. The summed E-state index contributed by atoms with van der Waals surface area (Å²) in [6.07, 6.45) is 2.80. The lowest BCUT2D eigenvalue weighted by molar-refractivity contribution is -0.118. The fraction of sp³-hybridized carbons (Fsp3) is 0.240. The van der Waals surface area contributed by atoms with E-state index in [1.54, 1.807) is 42.5 Å². The van der Waals surface area contributed by atoms with Crippen molar-refractivity contribution in [3.63, 3.8) is 0 Å². The van der Waals surface area contributed by atoms with E-state index in [1.165, 1.54) is 16.4 Å². The third kappa shape index (κ3) is 6.08. The fourth-order valence-corrected chi connectivity index (χ4v) is 5.29. The van der Waals surface area contributed by atoms with E-state index in [9.17, 15) is 13.2 Å². The van der Waals surface area contributed by atoms with Gasteiger partial charge in [-0.3, -0.25) is 4.79 Å². The van der Waals surface area contributed by atoms with Crippen LogP contribution in [0.4, 0.5) is 5.69 Å². The third-order valence-corrected chi connectivity index (χ3v) is 7.48. The first kappa shape index (κ1) is 24.1. The summed E-state index contributed by atoms with van der Waals surface area (Å²) in [6, 6.07) is 20.2. The number of nitrogens with zero attached hydrogens (tertiary/aromatic N) is 1. The molecule has 34 heavy (non-hydrogen) atoms. The molecule has 3 aromatic rings. The smallest absolute Gasteiger partial charge is 0.262 e. The van der Waals surface area contributed by atoms with Gasteiger partial charge in [-0.2, -0.15) is 4.31 Å². The van der Waals surface area contributed by atoms with E-state index in [2.05, 4.69) is 5.32 Å². The number of carbonyl (C=O) groups excluding carboxylic acids is 1. The molecule has 0 aliphatic carbocycles. The predicted molar refractivity (Wildman–Crippen MR) is 131 cm³/mol. The van der Waals surface area contributed by atoms with Crippen LogP contribution in [-0.2, 0) is 14.8 Å². The van der Waals surface area contributed by atoms with Gasteiger partial charge in [-0.15, -0.1) is 0 Å². The molecule has 1 N–H and O–H groups in total. The van der Waals surface area contributed by atoms with Crippen molar-refractivity contribution in [2.75, 3.05) is 25.0 Å². The van der Waals surface area contributed by atoms with Gasteiger partial charge in [-0.25, -0.2) is 8.42 Å². The zero-order valence-electron chi connectivity index (χ0n) is 18.4. The largest absolute Gasteiger partial charge is 0.484 e. The number of halogens is 1. The highest BCUT2D eigenvalue weighted by Gasteiger charge is 2.25. The Kier molecular flexibility index (Phi) is 7.72. The number of benzene rings is 3. The van der Waals surface area contributed by atoms with E-state index in [4.69, 9.17) is 21.1 Å². The van der Waals surface area contributed by atoms with Gasteiger partial charge in [0.25, 0.3) is 5.91 Å². The number of anilines is 1. The van der Waals surface area contributed by atoms with Crippen LogP contribution < -0.4 is 14.8 Å². The Morgan fingerprint density at radius 3 is 2.32 bits per heavy atom. The van der Waals surface area contributed by atoms with Gasteiger partial charge in [-0.1, -0.05) is 36.2 Å². The second-order valence-corrected chi connectivity index (χ2v) is 10.2. The standard InChI is InChI=1S/C25H25ClN2O5S/c26-19-9-14-24(33-21-7-3-1-4-8-21)23(17-19)27-25(29)18-32-20-10-12-22(13-11-20)34(30,31)28-15-5-2-6-16-28/h1,3-4,7-14,17H,2,5-6,15-16,18H2,(H,27,29). The first-order valence-corrected chi connectivity index (χ1v) is 12.8. The number of carbonyl (C=O) groups is 1. The highest BCUT2D eigenvalue weighted by Crippen LogP contribution is 2.32. The average Bonchev–Trinajstić information content (AvgIpc) is 2.86. The summed E-state index contributed by atoms with van der Waals surface area (Å²) in [5.41, 5.74) is 0.410. The summed E-state index contributed by atoms with van der Waals surface area (Å²) in [4.78, 5) is 12.7. The number of hydrogen-bond acceptors (Lipinski definition) is 5. The fourth-order valence-electron chi connectivity index (χ4n) is 3.60. The van der Waals surface area contributed by atoms with Crippen molar-refractivity contribution in [1.82, 2.24) is 4.31 Å². The third-order valence-electron chi connectivity index (χ3n) is 5.33. The molecule has 1 aliphatic rings. The molecule has 0 aromatic heterocycles. The van der Waals surface area contributed by atoms with Crippen LogP contribution in [0, 0.1) is 0 Å². The van der Waals surface area contributed by atoms with Gasteiger partial charge in [0.15, 0.2) is 12.4 Å². The van der Waals surface area contributed by atoms with E-state index in [-0.39, 0.29) is 11.5 Å². The highest BCUT2D eigenvalue weighted by atomic mass is 35.5. The molecule has 4 rings (SSSR count). The molecule has 0 unspecified atom stereocenters. The Labute approximate surface area is 204 Å². The van der Waals surface area contributed by atoms with Crippen molar-refractivity contribution in [3.05, 3.63) is 77.8 Å². The Morgan fingerprint density at radius 2 is 1.62 bits per heavy atom. The number of hydrogen-bond donors (Lipinski definition) is 1. The first-order valence-electron chi connectivity index (χ1n) is 11.0. The molecule has 178 valence electrons. The van der Waals surface area contributed by atoms with E-state index in [0.29, 0.717) is 41.0 Å². The van der Waals surface area contributed by atoms with E-state index >= 15 is 0 Å². The Bertz CT molecular complexity index is 1230. The predicted octanol–water partition coefficient (Wildman–Crippen LogP) is 5.32. The monoisotopic (exact) mass is 500 g/mol. The highest BCUT2D eigenvalue weighted by molar-refractivity contribution is 7.89. The van der Waals surface area contributed by atoms with E-state index in [0.717, 1.165) is 19.3 Å². The summed E-state index contributed by atoms with van der Waals surface area (Å²) in [6.45, 7) is 0.815. The zero-order chi connectivity index (χ0) is 24.0. The Hall–Kier alpha value is -3.07. The van der Waals surface area contributed by atoms with Crippen LogP contribution in [0.1, 0.15) is 19.3 Å². The number of nitrogens with one attached hydrogen (secondary N) is 1. The normalized spacial score (nSPS) is 14.4. The minimum Gasteiger partial charge on any atom is -0.484 e. The van der Waals surface area contributed by atoms with Crippen LogP contribution in [0.25, 0.3) is 0 Å². The minimum atomic E-state index is -3.51. The number of sulfonamides is 1. The molecule has 0 atom stereocenters. The lowest BCUT2D eigenvalue weighted by Crippen LogP contribution is -2.35. The van der Waals surface area contributed by atoms with Crippen molar-refractivity contribution < 1.29 is 22.7 Å². The molecular formula is C25H25ClN2O5S. The van der Waals surface area contributed by atoms with Gasteiger partial charge >= 0.3 is 0 Å². The number of amides is 1. The zero-order valence-corrected chi connectivity index (χ0v) is 20.0. The topological polar surface area (TPSA) is 84.9 Å². The van der Waals surface area contributed by atoms with Crippen molar-refractivity contribution >= 4 is 33.2 Å². The van der Waals surface area contributed by atoms with Gasteiger partial charge in [-0.05, 0) is 67.4 Å².